The van der Waals surface area contributed by atoms with E-state index in [0.29, 0.717) is 41.0 Å². The normalized spacial score (nSPS) is 10.7. The molecule has 10 heteroatoms. The minimum Gasteiger partial charge on any atom is -0.497 e. The Kier molecular flexibility index (Phi) is 8.80. The van der Waals surface area contributed by atoms with Gasteiger partial charge in [0.15, 0.2) is 5.13 Å². The van der Waals surface area contributed by atoms with Gasteiger partial charge in [0.25, 0.3) is 5.91 Å². The summed E-state index contributed by atoms with van der Waals surface area (Å²) in [4.78, 5) is 43.6. The van der Waals surface area contributed by atoms with Crippen molar-refractivity contribution in [3.63, 3.8) is 0 Å². The summed E-state index contributed by atoms with van der Waals surface area (Å²) < 4.78 is 10.3. The zero-order valence-corrected chi connectivity index (χ0v) is 20.2. The summed E-state index contributed by atoms with van der Waals surface area (Å²) in [6.45, 7) is 4.58. The lowest BCUT2D eigenvalue weighted by molar-refractivity contribution is -0.120. The van der Waals surface area contributed by atoms with Crippen LogP contribution in [0.1, 0.15) is 35.7 Å². The summed E-state index contributed by atoms with van der Waals surface area (Å²) in [6.07, 6.45) is 1.63. The summed E-state index contributed by atoms with van der Waals surface area (Å²) >= 11 is 1.23. The molecule has 1 aromatic carbocycles. The number of rotatable bonds is 11. The van der Waals surface area contributed by atoms with Crippen LogP contribution in [0.4, 0.5) is 5.13 Å². The Morgan fingerprint density at radius 1 is 1.15 bits per heavy atom. The van der Waals surface area contributed by atoms with Gasteiger partial charge >= 0.3 is 0 Å². The fraction of sp³-hybridized carbons (Fsp3) is 0.333. The minimum atomic E-state index is -0.356. The van der Waals surface area contributed by atoms with Gasteiger partial charge in [-0.3, -0.25) is 14.4 Å². The number of benzene rings is 1. The number of anilines is 1. The number of hydrogen-bond donors (Lipinski definition) is 2. The lowest BCUT2D eigenvalue weighted by atomic mass is 10.1. The third kappa shape index (κ3) is 7.45. The van der Waals surface area contributed by atoms with Crippen LogP contribution < -0.4 is 15.4 Å². The van der Waals surface area contributed by atoms with E-state index in [1.54, 1.807) is 55.2 Å². The number of carbonyl (C=O) groups excluding carboxylic acids is 3. The number of methoxy groups -OCH3 is 1. The number of hydrogen-bond acceptors (Lipinski definition) is 7. The first-order valence-corrected chi connectivity index (χ1v) is 11.7. The van der Waals surface area contributed by atoms with Crippen molar-refractivity contribution in [2.45, 2.75) is 26.8 Å². The second-order valence-electron chi connectivity index (χ2n) is 8.03. The number of aromatic nitrogens is 1. The van der Waals surface area contributed by atoms with Crippen molar-refractivity contribution < 1.29 is 23.5 Å². The monoisotopic (exact) mass is 484 g/mol. The lowest BCUT2D eigenvalue weighted by Crippen LogP contribution is -2.40. The van der Waals surface area contributed by atoms with Gasteiger partial charge in [-0.1, -0.05) is 13.8 Å². The summed E-state index contributed by atoms with van der Waals surface area (Å²) in [7, 11) is 1.56. The first-order valence-electron chi connectivity index (χ1n) is 10.8. The summed E-state index contributed by atoms with van der Waals surface area (Å²) in [5.74, 6) is 0.702. The van der Waals surface area contributed by atoms with Gasteiger partial charge in [-0.05, 0) is 42.3 Å². The smallest absolute Gasteiger partial charge is 0.254 e. The van der Waals surface area contributed by atoms with Crippen molar-refractivity contribution in [2.75, 3.05) is 25.5 Å². The number of carbonyl (C=O) groups is 3. The zero-order valence-electron chi connectivity index (χ0n) is 19.4. The van der Waals surface area contributed by atoms with Gasteiger partial charge in [0.1, 0.15) is 18.1 Å². The fourth-order valence-corrected chi connectivity index (χ4v) is 3.91. The van der Waals surface area contributed by atoms with E-state index >= 15 is 0 Å². The predicted octanol–water partition coefficient (Wildman–Crippen LogP) is 3.34. The van der Waals surface area contributed by atoms with Crippen LogP contribution in [-0.4, -0.2) is 47.8 Å². The Morgan fingerprint density at radius 2 is 1.91 bits per heavy atom. The number of nitrogens with zero attached hydrogens (tertiary/aromatic N) is 2. The highest BCUT2D eigenvalue weighted by Gasteiger charge is 2.21. The molecule has 0 atom stereocenters. The fourth-order valence-electron chi connectivity index (χ4n) is 3.18. The van der Waals surface area contributed by atoms with Crippen molar-refractivity contribution in [2.24, 2.45) is 5.92 Å². The first-order chi connectivity index (χ1) is 16.3. The summed E-state index contributed by atoms with van der Waals surface area (Å²) in [5, 5.41) is 7.58. The summed E-state index contributed by atoms with van der Waals surface area (Å²) in [5.41, 5.74) is 1.02. The number of furan rings is 1. The van der Waals surface area contributed by atoms with Crippen LogP contribution in [0.3, 0.4) is 0 Å². The second-order valence-corrected chi connectivity index (χ2v) is 8.89. The maximum atomic E-state index is 13.0. The standard InChI is InChI=1S/C24H28N4O5S/c1-16(2)13-28(23(31)17-6-8-19(32-3)9-7-17)14-22(30)27-24-26-18(15-34-24)11-21(29)25-12-20-5-4-10-33-20/h4-10,15-16H,11-14H2,1-3H3,(H,25,29)(H,26,27,30). The minimum absolute atomic E-state index is 0.0858. The Morgan fingerprint density at radius 3 is 2.56 bits per heavy atom. The molecule has 2 N–H and O–H groups in total. The largest absolute Gasteiger partial charge is 0.497 e. The average Bonchev–Trinajstić information content (AvgIpc) is 3.48. The topological polar surface area (TPSA) is 114 Å². The second kappa shape index (κ2) is 12.0. The third-order valence-corrected chi connectivity index (χ3v) is 5.53. The molecule has 2 aromatic heterocycles. The van der Waals surface area contributed by atoms with Crippen LogP contribution in [0.25, 0.3) is 0 Å². The zero-order chi connectivity index (χ0) is 24.5. The van der Waals surface area contributed by atoms with Crippen molar-refractivity contribution >= 4 is 34.2 Å². The van der Waals surface area contributed by atoms with Crippen LogP contribution in [0, 0.1) is 5.92 Å². The van der Waals surface area contributed by atoms with E-state index < -0.39 is 0 Å². The molecule has 9 nitrogen and oxygen atoms in total. The molecule has 0 aliphatic carbocycles. The van der Waals surface area contributed by atoms with Gasteiger partial charge in [0, 0.05) is 17.5 Å². The highest BCUT2D eigenvalue weighted by molar-refractivity contribution is 7.13. The average molecular weight is 485 g/mol. The van der Waals surface area contributed by atoms with Crippen molar-refractivity contribution in [3.8, 4) is 5.75 Å². The van der Waals surface area contributed by atoms with Crippen molar-refractivity contribution in [1.82, 2.24) is 15.2 Å². The van der Waals surface area contributed by atoms with E-state index in [1.807, 2.05) is 13.8 Å². The maximum Gasteiger partial charge on any atom is 0.254 e. The number of thiazole rings is 1. The summed E-state index contributed by atoms with van der Waals surface area (Å²) in [6, 6.07) is 10.3. The lowest BCUT2D eigenvalue weighted by Gasteiger charge is -2.24. The molecule has 180 valence electrons. The van der Waals surface area contributed by atoms with E-state index in [-0.39, 0.29) is 36.6 Å². The van der Waals surface area contributed by atoms with Crippen LogP contribution in [0.15, 0.2) is 52.5 Å². The molecule has 0 saturated carbocycles. The molecular weight excluding hydrogens is 456 g/mol. The van der Waals surface area contributed by atoms with E-state index in [4.69, 9.17) is 9.15 Å². The quantitative estimate of drug-likeness (QED) is 0.432. The van der Waals surface area contributed by atoms with E-state index in [1.165, 1.54) is 16.2 Å². The molecule has 0 radical (unpaired) electrons. The molecule has 0 bridgehead atoms. The van der Waals surface area contributed by atoms with E-state index in [2.05, 4.69) is 15.6 Å². The molecule has 3 aromatic rings. The molecule has 3 rings (SSSR count). The van der Waals surface area contributed by atoms with Gasteiger partial charge in [-0.25, -0.2) is 4.98 Å². The maximum absolute atomic E-state index is 13.0. The van der Waals surface area contributed by atoms with Crippen LogP contribution in [-0.2, 0) is 22.6 Å². The molecular formula is C24H28N4O5S. The Bertz CT molecular complexity index is 1090. The highest BCUT2D eigenvalue weighted by Crippen LogP contribution is 2.17. The molecule has 0 saturated heterocycles. The Labute approximate surface area is 202 Å². The van der Waals surface area contributed by atoms with Crippen molar-refractivity contribution in [3.05, 3.63) is 65.1 Å². The number of ether oxygens (including phenoxy) is 1. The molecule has 0 aliphatic heterocycles. The highest BCUT2D eigenvalue weighted by atomic mass is 32.1. The van der Waals surface area contributed by atoms with Gasteiger partial charge in [0.05, 0.1) is 32.0 Å². The number of amides is 3. The predicted molar refractivity (Wildman–Crippen MR) is 129 cm³/mol. The Balaban J connectivity index is 1.55. The van der Waals surface area contributed by atoms with Crippen molar-refractivity contribution in [1.29, 1.82) is 0 Å². The van der Waals surface area contributed by atoms with Crippen LogP contribution >= 0.6 is 11.3 Å². The van der Waals surface area contributed by atoms with Gasteiger partial charge < -0.3 is 24.7 Å². The number of nitrogens with one attached hydrogen (secondary N) is 2. The molecule has 2 heterocycles. The van der Waals surface area contributed by atoms with Gasteiger partial charge in [-0.15, -0.1) is 11.3 Å². The molecule has 34 heavy (non-hydrogen) atoms. The first kappa shape index (κ1) is 25.0. The third-order valence-electron chi connectivity index (χ3n) is 4.72. The van der Waals surface area contributed by atoms with E-state index in [0.717, 1.165) is 0 Å². The van der Waals surface area contributed by atoms with Crippen LogP contribution in [0.5, 0.6) is 5.75 Å². The van der Waals surface area contributed by atoms with E-state index in [9.17, 15) is 14.4 Å². The molecule has 0 aliphatic rings. The molecule has 0 unspecified atom stereocenters. The molecule has 0 spiro atoms. The SMILES string of the molecule is COc1ccc(C(=O)N(CC(=O)Nc2nc(CC(=O)NCc3ccco3)cs2)CC(C)C)cc1. The van der Waals surface area contributed by atoms with Gasteiger partial charge in [-0.2, -0.15) is 0 Å². The molecule has 0 fully saturated rings. The van der Waals surface area contributed by atoms with Gasteiger partial charge in [0.2, 0.25) is 11.8 Å². The Hall–Kier alpha value is -3.66. The van der Waals surface area contributed by atoms with Crippen LogP contribution in [0.2, 0.25) is 0 Å². The molecule has 3 amide bonds.